The van der Waals surface area contributed by atoms with Crippen molar-refractivity contribution in [3.05, 3.63) is 0 Å². The molecule has 3 atom stereocenters. The Kier molecular flexibility index (Phi) is 13.9. The van der Waals surface area contributed by atoms with Crippen LogP contribution in [0.15, 0.2) is 0 Å². The Morgan fingerprint density at radius 3 is 2.48 bits per heavy atom. The van der Waals surface area contributed by atoms with E-state index in [-0.39, 0.29) is 43.5 Å². The Morgan fingerprint density at radius 2 is 1.82 bits per heavy atom. The van der Waals surface area contributed by atoms with Crippen LogP contribution >= 0.6 is 12.8 Å². The van der Waals surface area contributed by atoms with Crippen LogP contribution in [0.1, 0.15) is 26.2 Å². The highest BCUT2D eigenvalue weighted by atomic mass is 32.1. The number of nitrogens with zero attached hydrogens (tertiary/aromatic N) is 1. The van der Waals surface area contributed by atoms with Gasteiger partial charge in [-0.05, 0) is 26.3 Å². The van der Waals surface area contributed by atoms with Gasteiger partial charge >= 0.3 is 5.97 Å². The molecule has 2 heterocycles. The van der Waals surface area contributed by atoms with Crippen LogP contribution in [0, 0.1) is 0 Å². The second kappa shape index (κ2) is 16.4. The lowest BCUT2D eigenvalue weighted by Gasteiger charge is -2.22. The number of likely N-dealkylation sites (tertiary alicyclic amines) is 1. The van der Waals surface area contributed by atoms with Crippen LogP contribution in [0.4, 0.5) is 0 Å². The summed E-state index contributed by atoms with van der Waals surface area (Å²) in [6.45, 7) is 6.27. The van der Waals surface area contributed by atoms with Crippen LogP contribution in [0.2, 0.25) is 0 Å². The summed E-state index contributed by atoms with van der Waals surface area (Å²) in [5.41, 5.74) is 0. The molecule has 0 aliphatic carbocycles. The number of hydrogen-bond acceptors (Lipinski definition) is 11. The Bertz CT molecular complexity index is 607. The molecule has 0 saturated carbocycles. The molecule has 2 saturated heterocycles. The molecular formula is C21H38N4O7S. The van der Waals surface area contributed by atoms with Crippen LogP contribution in [0.3, 0.4) is 0 Å². The van der Waals surface area contributed by atoms with Gasteiger partial charge in [-0.3, -0.25) is 24.0 Å². The summed E-state index contributed by atoms with van der Waals surface area (Å²) in [7, 11) is 0. The van der Waals surface area contributed by atoms with E-state index in [1.165, 1.54) is 0 Å². The third-order valence-corrected chi connectivity index (χ3v) is 5.61. The van der Waals surface area contributed by atoms with Crippen molar-refractivity contribution < 1.29 is 33.3 Å². The molecular weight excluding hydrogens is 452 g/mol. The van der Waals surface area contributed by atoms with Crippen molar-refractivity contribution in [3.8, 4) is 0 Å². The first kappa shape index (κ1) is 28.0. The summed E-state index contributed by atoms with van der Waals surface area (Å²) >= 11 is 3.86. The van der Waals surface area contributed by atoms with E-state index in [9.17, 15) is 14.4 Å². The largest absolute Gasteiger partial charge is 0.460 e. The fourth-order valence-corrected chi connectivity index (χ4v) is 3.93. The third-order valence-electron chi connectivity index (χ3n) is 5.39. The number of thiol groups is 1. The number of carbonyl (C=O) groups is 3. The smallest absolute Gasteiger partial charge is 0.323 e. The predicted octanol–water partition coefficient (Wildman–Crippen LogP) is -1.09. The number of hydrogen-bond donors (Lipinski definition) is 4. The number of carbonyl (C=O) groups excluding carboxylic acids is 3. The van der Waals surface area contributed by atoms with Gasteiger partial charge in [0.1, 0.15) is 18.8 Å². The van der Waals surface area contributed by atoms with Crippen molar-refractivity contribution in [3.63, 3.8) is 0 Å². The Balaban J connectivity index is 1.67. The maximum atomic E-state index is 12.5. The predicted molar refractivity (Wildman–Crippen MR) is 124 cm³/mol. The molecule has 2 aliphatic rings. The molecule has 2 rings (SSSR count). The van der Waals surface area contributed by atoms with E-state index in [0.717, 1.165) is 19.4 Å². The second-order valence-corrected chi connectivity index (χ2v) is 8.32. The zero-order chi connectivity index (χ0) is 23.9. The number of ether oxygens (including phenoxy) is 4. The highest BCUT2D eigenvalue weighted by Crippen LogP contribution is 2.22. The van der Waals surface area contributed by atoms with Crippen LogP contribution in [-0.4, -0.2) is 113 Å². The molecule has 0 aromatic rings. The number of ketones is 1. The summed E-state index contributed by atoms with van der Waals surface area (Å²) in [6.07, 6.45) is 1.66. The van der Waals surface area contributed by atoms with Gasteiger partial charge in [-0.25, -0.2) is 0 Å². The van der Waals surface area contributed by atoms with Crippen LogP contribution in [0.5, 0.6) is 0 Å². The summed E-state index contributed by atoms with van der Waals surface area (Å²) in [4.78, 5) is 39.0. The SMILES string of the molecule is CCNC(=O)C1CC(OC(=O)C2CCCN2)CN1CC(=O)COCCOCCOCCNS. The summed E-state index contributed by atoms with van der Waals surface area (Å²) in [5.74, 6) is -0.590. The fraction of sp³-hybridized carbons (Fsp3) is 0.857. The fourth-order valence-electron chi connectivity index (χ4n) is 3.83. The lowest BCUT2D eigenvalue weighted by Crippen LogP contribution is -2.45. The Labute approximate surface area is 201 Å². The van der Waals surface area contributed by atoms with Gasteiger partial charge in [-0.1, -0.05) is 12.8 Å². The molecule has 0 bridgehead atoms. The number of esters is 1. The normalized spacial score (nSPS) is 23.0. The lowest BCUT2D eigenvalue weighted by molar-refractivity contribution is -0.150. The first-order chi connectivity index (χ1) is 16.0. The molecule has 33 heavy (non-hydrogen) atoms. The molecule has 1 amide bonds. The molecule has 0 spiro atoms. The van der Waals surface area contributed by atoms with Crippen LogP contribution in [-0.2, 0) is 33.3 Å². The van der Waals surface area contributed by atoms with Gasteiger partial charge in [-0.15, -0.1) is 0 Å². The standard InChI is InChI=1S/C21H38N4O7S/c1-2-22-20(27)19-12-17(32-21(28)18-4-3-5-23-18)14-25(19)13-16(26)15-31-11-10-30-9-8-29-7-6-24-33/h17-19,23-24,33H,2-15H2,1H3,(H,22,27). The molecule has 2 aliphatic heterocycles. The number of amides is 1. The van der Waals surface area contributed by atoms with Gasteiger partial charge in [0.15, 0.2) is 5.78 Å². The monoisotopic (exact) mass is 490 g/mol. The van der Waals surface area contributed by atoms with Crippen molar-refractivity contribution in [2.45, 2.75) is 44.4 Å². The van der Waals surface area contributed by atoms with E-state index in [0.29, 0.717) is 52.5 Å². The Morgan fingerprint density at radius 1 is 1.09 bits per heavy atom. The van der Waals surface area contributed by atoms with Crippen molar-refractivity contribution in [1.82, 2.24) is 20.3 Å². The van der Waals surface area contributed by atoms with Gasteiger partial charge in [0.05, 0.1) is 45.6 Å². The average Bonchev–Trinajstić information content (AvgIpc) is 3.46. The highest BCUT2D eigenvalue weighted by Gasteiger charge is 2.40. The molecule has 190 valence electrons. The van der Waals surface area contributed by atoms with Gasteiger partial charge in [-0.2, -0.15) is 0 Å². The van der Waals surface area contributed by atoms with E-state index >= 15 is 0 Å². The topological polar surface area (TPSA) is 127 Å². The van der Waals surface area contributed by atoms with Crippen molar-refractivity contribution in [1.29, 1.82) is 0 Å². The van der Waals surface area contributed by atoms with Gasteiger partial charge < -0.3 is 29.6 Å². The number of Topliss-reactive ketones (excluding diaryl/α,β-unsaturated/α-hetero) is 1. The van der Waals surface area contributed by atoms with Crippen molar-refractivity contribution >= 4 is 30.5 Å². The second-order valence-electron chi connectivity index (χ2n) is 8.01. The minimum absolute atomic E-state index is 0.0609. The maximum Gasteiger partial charge on any atom is 0.323 e. The molecule has 3 unspecified atom stereocenters. The summed E-state index contributed by atoms with van der Waals surface area (Å²) in [6, 6.07) is -0.792. The van der Waals surface area contributed by atoms with Gasteiger partial charge in [0.25, 0.3) is 0 Å². The quantitative estimate of drug-likeness (QED) is 0.114. The molecule has 2 fully saturated rings. The van der Waals surface area contributed by atoms with Crippen molar-refractivity contribution in [2.75, 3.05) is 72.4 Å². The number of likely N-dealkylation sites (N-methyl/N-ethyl adjacent to an activating group) is 1. The van der Waals surface area contributed by atoms with E-state index in [1.807, 2.05) is 6.92 Å². The molecule has 0 radical (unpaired) electrons. The zero-order valence-electron chi connectivity index (χ0n) is 19.4. The van der Waals surface area contributed by atoms with E-state index in [4.69, 9.17) is 18.9 Å². The highest BCUT2D eigenvalue weighted by molar-refractivity contribution is 7.78. The first-order valence-corrected chi connectivity index (χ1v) is 12.1. The molecule has 11 nitrogen and oxygen atoms in total. The van der Waals surface area contributed by atoms with Gasteiger partial charge in [0, 0.05) is 26.1 Å². The van der Waals surface area contributed by atoms with Crippen LogP contribution in [0.25, 0.3) is 0 Å². The molecule has 0 aromatic carbocycles. The minimum atomic E-state index is -0.510. The molecule has 3 N–H and O–H groups in total. The van der Waals surface area contributed by atoms with Crippen molar-refractivity contribution in [2.24, 2.45) is 0 Å². The lowest BCUT2D eigenvalue weighted by atomic mass is 10.1. The summed E-state index contributed by atoms with van der Waals surface area (Å²) < 4.78 is 24.4. The first-order valence-electron chi connectivity index (χ1n) is 11.6. The summed E-state index contributed by atoms with van der Waals surface area (Å²) in [5, 5.41) is 5.92. The van der Waals surface area contributed by atoms with E-state index < -0.39 is 12.1 Å². The van der Waals surface area contributed by atoms with Gasteiger partial charge in [0.2, 0.25) is 5.91 Å². The third kappa shape index (κ3) is 10.7. The zero-order valence-corrected chi connectivity index (χ0v) is 20.3. The average molecular weight is 491 g/mol. The van der Waals surface area contributed by atoms with E-state index in [1.54, 1.807) is 4.90 Å². The number of rotatable bonds is 17. The molecule has 0 aromatic heterocycles. The molecule has 12 heteroatoms. The van der Waals surface area contributed by atoms with E-state index in [2.05, 4.69) is 28.2 Å². The van der Waals surface area contributed by atoms with Crippen LogP contribution < -0.4 is 15.4 Å². The minimum Gasteiger partial charge on any atom is -0.460 e. The number of nitrogens with one attached hydrogen (secondary N) is 3. The maximum absolute atomic E-state index is 12.5. The Hall–Kier alpha value is -1.28.